The number of nitrogens with zero attached hydrogens (tertiary/aromatic N) is 4. The molecular formula is C8H11N5S. The maximum absolute atomic E-state index is 4.20. The number of aromatic nitrogens is 4. The van der Waals surface area contributed by atoms with Gasteiger partial charge in [0.05, 0.1) is 6.33 Å². The van der Waals surface area contributed by atoms with E-state index in [1.807, 2.05) is 17.7 Å². The lowest BCUT2D eigenvalue weighted by Crippen LogP contribution is -2.08. The van der Waals surface area contributed by atoms with Gasteiger partial charge in [-0.2, -0.15) is 4.37 Å². The Morgan fingerprint density at radius 3 is 3.14 bits per heavy atom. The van der Waals surface area contributed by atoms with Crippen molar-refractivity contribution in [2.45, 2.75) is 13.5 Å². The number of imidazole rings is 1. The van der Waals surface area contributed by atoms with E-state index in [-0.39, 0.29) is 0 Å². The van der Waals surface area contributed by atoms with Crippen molar-refractivity contribution in [2.75, 3.05) is 11.9 Å². The number of rotatable bonds is 4. The summed E-state index contributed by atoms with van der Waals surface area (Å²) in [5.41, 5.74) is 0. The molecular weight excluding hydrogens is 198 g/mol. The first-order chi connectivity index (χ1) is 6.84. The maximum atomic E-state index is 4.20. The molecule has 2 rings (SSSR count). The van der Waals surface area contributed by atoms with Crippen molar-refractivity contribution < 1.29 is 0 Å². The Hall–Kier alpha value is -1.43. The van der Waals surface area contributed by atoms with Crippen LogP contribution in [0.25, 0.3) is 0 Å². The Bertz CT molecular complexity index is 380. The molecule has 2 aromatic heterocycles. The van der Waals surface area contributed by atoms with Crippen molar-refractivity contribution in [2.24, 2.45) is 0 Å². The van der Waals surface area contributed by atoms with Gasteiger partial charge in [-0.25, -0.2) is 9.97 Å². The monoisotopic (exact) mass is 209 g/mol. The average molecular weight is 209 g/mol. The van der Waals surface area contributed by atoms with Crippen LogP contribution in [-0.2, 0) is 6.54 Å². The zero-order chi connectivity index (χ0) is 9.80. The van der Waals surface area contributed by atoms with Gasteiger partial charge in [-0.1, -0.05) is 0 Å². The predicted octanol–water partition coefficient (Wildman–Crippen LogP) is 1.16. The SMILES string of the molecule is Cc1nsc(NCCn2ccnc2)n1. The Kier molecular flexibility index (Phi) is 2.73. The van der Waals surface area contributed by atoms with Gasteiger partial charge in [0, 0.05) is 37.0 Å². The molecule has 0 atom stereocenters. The fraction of sp³-hybridized carbons (Fsp3) is 0.375. The molecule has 0 aliphatic heterocycles. The van der Waals surface area contributed by atoms with Crippen molar-refractivity contribution in [3.8, 4) is 0 Å². The third-order valence-corrected chi connectivity index (χ3v) is 2.50. The van der Waals surface area contributed by atoms with Crippen molar-refractivity contribution in [1.29, 1.82) is 0 Å². The van der Waals surface area contributed by atoms with E-state index < -0.39 is 0 Å². The molecule has 0 radical (unpaired) electrons. The smallest absolute Gasteiger partial charge is 0.202 e. The van der Waals surface area contributed by atoms with Crippen LogP contribution in [-0.4, -0.2) is 25.5 Å². The van der Waals surface area contributed by atoms with Gasteiger partial charge in [0.15, 0.2) is 0 Å². The molecule has 5 nitrogen and oxygen atoms in total. The summed E-state index contributed by atoms with van der Waals surface area (Å²) < 4.78 is 6.10. The summed E-state index contributed by atoms with van der Waals surface area (Å²) in [6.07, 6.45) is 5.51. The third-order valence-electron chi connectivity index (χ3n) is 1.73. The third kappa shape index (κ3) is 2.29. The van der Waals surface area contributed by atoms with E-state index in [0.717, 1.165) is 24.0 Å². The molecule has 2 aromatic rings. The molecule has 6 heteroatoms. The minimum atomic E-state index is 0.820. The summed E-state index contributed by atoms with van der Waals surface area (Å²) in [5.74, 6) is 0.820. The number of hydrogen-bond donors (Lipinski definition) is 1. The van der Waals surface area contributed by atoms with Gasteiger partial charge in [-0.3, -0.25) is 0 Å². The number of aryl methyl sites for hydroxylation is 1. The van der Waals surface area contributed by atoms with Crippen LogP contribution in [0.5, 0.6) is 0 Å². The molecule has 1 N–H and O–H groups in total. The molecule has 0 spiro atoms. The first kappa shape index (κ1) is 9.14. The molecule has 0 aromatic carbocycles. The summed E-state index contributed by atoms with van der Waals surface area (Å²) >= 11 is 1.39. The Balaban J connectivity index is 1.78. The van der Waals surface area contributed by atoms with Gasteiger partial charge >= 0.3 is 0 Å². The highest BCUT2D eigenvalue weighted by Crippen LogP contribution is 2.09. The summed E-state index contributed by atoms with van der Waals surface area (Å²) in [7, 11) is 0. The van der Waals surface area contributed by atoms with Crippen LogP contribution in [0.4, 0.5) is 5.13 Å². The molecule has 14 heavy (non-hydrogen) atoms. The molecule has 0 saturated heterocycles. The fourth-order valence-electron chi connectivity index (χ4n) is 1.08. The zero-order valence-electron chi connectivity index (χ0n) is 7.84. The molecule has 0 fully saturated rings. The first-order valence-corrected chi connectivity index (χ1v) is 5.12. The van der Waals surface area contributed by atoms with Gasteiger partial charge in [-0.15, -0.1) is 0 Å². The minimum absolute atomic E-state index is 0.820. The quantitative estimate of drug-likeness (QED) is 0.820. The van der Waals surface area contributed by atoms with Crippen LogP contribution in [0.3, 0.4) is 0 Å². The second-order valence-electron chi connectivity index (χ2n) is 2.87. The molecule has 0 amide bonds. The van der Waals surface area contributed by atoms with Gasteiger partial charge in [0.2, 0.25) is 5.13 Å². The van der Waals surface area contributed by atoms with E-state index in [2.05, 4.69) is 19.7 Å². The average Bonchev–Trinajstić information content (AvgIpc) is 2.77. The van der Waals surface area contributed by atoms with Crippen LogP contribution in [0.15, 0.2) is 18.7 Å². The van der Waals surface area contributed by atoms with Crippen LogP contribution in [0, 0.1) is 6.92 Å². The van der Waals surface area contributed by atoms with Gasteiger partial charge in [-0.05, 0) is 6.92 Å². The van der Waals surface area contributed by atoms with Crippen molar-refractivity contribution in [3.05, 3.63) is 24.5 Å². The molecule has 0 saturated carbocycles. The highest BCUT2D eigenvalue weighted by atomic mass is 32.1. The second-order valence-corrected chi connectivity index (χ2v) is 3.63. The molecule has 0 unspecified atom stereocenters. The molecule has 0 aliphatic carbocycles. The van der Waals surface area contributed by atoms with Crippen LogP contribution >= 0.6 is 11.5 Å². The van der Waals surface area contributed by atoms with Crippen LogP contribution in [0.2, 0.25) is 0 Å². The summed E-state index contributed by atoms with van der Waals surface area (Å²) in [6.45, 7) is 3.61. The molecule has 0 aliphatic rings. The molecule has 74 valence electrons. The Morgan fingerprint density at radius 2 is 2.50 bits per heavy atom. The summed E-state index contributed by atoms with van der Waals surface area (Å²) in [5, 5.41) is 4.08. The zero-order valence-corrected chi connectivity index (χ0v) is 8.66. The lowest BCUT2D eigenvalue weighted by molar-refractivity contribution is 0.726. The minimum Gasteiger partial charge on any atom is -0.358 e. The second kappa shape index (κ2) is 4.19. The van der Waals surface area contributed by atoms with Crippen LogP contribution < -0.4 is 5.32 Å². The van der Waals surface area contributed by atoms with Crippen LogP contribution in [0.1, 0.15) is 5.82 Å². The van der Waals surface area contributed by atoms with Crippen molar-refractivity contribution in [1.82, 2.24) is 18.9 Å². The number of hydrogen-bond acceptors (Lipinski definition) is 5. The Morgan fingerprint density at radius 1 is 1.57 bits per heavy atom. The van der Waals surface area contributed by atoms with E-state index in [0.29, 0.717) is 0 Å². The van der Waals surface area contributed by atoms with E-state index in [1.54, 1.807) is 12.5 Å². The van der Waals surface area contributed by atoms with Crippen molar-refractivity contribution in [3.63, 3.8) is 0 Å². The normalized spacial score (nSPS) is 10.4. The molecule has 2 heterocycles. The standard InChI is InChI=1S/C8H11N5S/c1-7-11-8(14-12-7)10-3-5-13-4-2-9-6-13/h2,4,6H,3,5H2,1H3,(H,10,11,12). The van der Waals surface area contributed by atoms with Gasteiger partial charge in [0.1, 0.15) is 5.82 Å². The largest absolute Gasteiger partial charge is 0.358 e. The van der Waals surface area contributed by atoms with E-state index in [4.69, 9.17) is 0 Å². The summed E-state index contributed by atoms with van der Waals surface area (Å²) in [6, 6.07) is 0. The highest BCUT2D eigenvalue weighted by Gasteiger charge is 1.97. The highest BCUT2D eigenvalue weighted by molar-refractivity contribution is 7.09. The van der Waals surface area contributed by atoms with E-state index >= 15 is 0 Å². The van der Waals surface area contributed by atoms with Crippen molar-refractivity contribution >= 4 is 16.7 Å². The molecule has 0 bridgehead atoms. The number of nitrogens with one attached hydrogen (secondary N) is 1. The first-order valence-electron chi connectivity index (χ1n) is 4.34. The maximum Gasteiger partial charge on any atom is 0.202 e. The van der Waals surface area contributed by atoms with E-state index in [9.17, 15) is 0 Å². The van der Waals surface area contributed by atoms with Gasteiger partial charge in [0.25, 0.3) is 0 Å². The number of anilines is 1. The van der Waals surface area contributed by atoms with E-state index in [1.165, 1.54) is 11.5 Å². The van der Waals surface area contributed by atoms with Gasteiger partial charge < -0.3 is 9.88 Å². The lowest BCUT2D eigenvalue weighted by atomic mass is 10.6. The fourth-order valence-corrected chi connectivity index (χ4v) is 1.68. The lowest BCUT2D eigenvalue weighted by Gasteiger charge is -2.01. The topological polar surface area (TPSA) is 55.6 Å². The Labute approximate surface area is 86.0 Å². The predicted molar refractivity (Wildman–Crippen MR) is 55.4 cm³/mol. The summed E-state index contributed by atoms with van der Waals surface area (Å²) in [4.78, 5) is 8.16.